The van der Waals surface area contributed by atoms with Gasteiger partial charge < -0.3 is 5.73 Å². The summed E-state index contributed by atoms with van der Waals surface area (Å²) < 4.78 is 28.1. The highest BCUT2D eigenvalue weighted by atomic mass is 35.5. The number of nitrogens with two attached hydrogens (primary N) is 1. The van der Waals surface area contributed by atoms with Crippen molar-refractivity contribution in [2.45, 2.75) is 10.6 Å². The van der Waals surface area contributed by atoms with E-state index in [0.717, 1.165) is 11.1 Å². The van der Waals surface area contributed by atoms with Crippen LogP contribution in [0.15, 0.2) is 95.9 Å². The summed E-state index contributed by atoms with van der Waals surface area (Å²) >= 11 is 6.03. The molecule has 6 nitrogen and oxygen atoms in total. The zero-order valence-electron chi connectivity index (χ0n) is 17.4. The highest BCUT2D eigenvalue weighted by Gasteiger charge is 2.25. The van der Waals surface area contributed by atoms with Crippen molar-refractivity contribution in [2.75, 3.05) is 5.73 Å². The van der Waals surface area contributed by atoms with Crippen LogP contribution in [-0.2, 0) is 15.6 Å². The second-order valence-corrected chi connectivity index (χ2v) is 10.00. The molecule has 0 aliphatic rings. The second-order valence-electron chi connectivity index (χ2n) is 7.57. The van der Waals surface area contributed by atoms with Crippen molar-refractivity contribution >= 4 is 32.9 Å². The minimum atomic E-state index is -3.65. The number of nitrogens with zero attached hydrogens (tertiary/aromatic N) is 3. The van der Waals surface area contributed by atoms with Gasteiger partial charge in [-0.25, -0.2) is 13.4 Å². The van der Waals surface area contributed by atoms with Crippen molar-refractivity contribution in [1.82, 2.24) is 14.6 Å². The van der Waals surface area contributed by atoms with Gasteiger partial charge in [0.15, 0.2) is 15.5 Å². The van der Waals surface area contributed by atoms with Gasteiger partial charge in [0.2, 0.25) is 0 Å². The van der Waals surface area contributed by atoms with E-state index in [0.29, 0.717) is 33.4 Å². The lowest BCUT2D eigenvalue weighted by atomic mass is 10.1. The largest absolute Gasteiger partial charge is 0.384 e. The first-order valence-corrected chi connectivity index (χ1v) is 12.2. The zero-order chi connectivity index (χ0) is 23.0. The molecule has 0 aliphatic heterocycles. The molecule has 0 fully saturated rings. The molecule has 3 aromatic carbocycles. The van der Waals surface area contributed by atoms with E-state index < -0.39 is 9.84 Å². The fourth-order valence-corrected chi connectivity index (χ4v) is 5.22. The summed E-state index contributed by atoms with van der Waals surface area (Å²) in [5.41, 5.74) is 9.97. The summed E-state index contributed by atoms with van der Waals surface area (Å²) in [5.74, 6) is 0.0897. The maximum Gasteiger partial charge on any atom is 0.182 e. The second kappa shape index (κ2) is 8.35. The van der Waals surface area contributed by atoms with E-state index in [-0.39, 0.29) is 10.6 Å². The minimum Gasteiger partial charge on any atom is -0.384 e. The molecule has 0 amide bonds. The molecule has 0 bridgehead atoms. The Labute approximate surface area is 196 Å². The van der Waals surface area contributed by atoms with E-state index in [2.05, 4.69) is 5.10 Å². The van der Waals surface area contributed by atoms with Crippen molar-refractivity contribution < 1.29 is 8.42 Å². The molecule has 0 saturated heterocycles. The Balaban J connectivity index is 1.74. The van der Waals surface area contributed by atoms with Crippen molar-refractivity contribution in [2.24, 2.45) is 0 Å². The number of anilines is 1. The summed E-state index contributed by atoms with van der Waals surface area (Å²) in [6, 6.07) is 26.7. The normalized spacial score (nSPS) is 11.7. The standard InChI is InChI=1S/C25H19ClN4O2S/c26-19-13-11-17(12-14-19)22-15-23(27)30-25(28-22)21(24(29-30)18-7-3-1-4-8-18)16-33(31,32)20-9-5-2-6-10-20/h1-15H,16,27H2. The summed E-state index contributed by atoms with van der Waals surface area (Å²) in [7, 11) is -3.65. The fourth-order valence-electron chi connectivity index (χ4n) is 3.71. The molecule has 5 rings (SSSR count). The molecule has 0 radical (unpaired) electrons. The van der Waals surface area contributed by atoms with E-state index in [4.69, 9.17) is 22.3 Å². The van der Waals surface area contributed by atoms with Crippen LogP contribution in [-0.4, -0.2) is 23.0 Å². The molecule has 8 heteroatoms. The number of halogens is 1. The van der Waals surface area contributed by atoms with Gasteiger partial charge in [-0.2, -0.15) is 9.61 Å². The van der Waals surface area contributed by atoms with Crippen LogP contribution in [0, 0.1) is 0 Å². The van der Waals surface area contributed by atoms with Gasteiger partial charge >= 0.3 is 0 Å². The first-order valence-electron chi connectivity index (χ1n) is 10.2. The van der Waals surface area contributed by atoms with E-state index >= 15 is 0 Å². The van der Waals surface area contributed by atoms with Crippen LogP contribution in [0.3, 0.4) is 0 Å². The first-order chi connectivity index (χ1) is 15.9. The molecule has 5 aromatic rings. The van der Waals surface area contributed by atoms with Gasteiger partial charge in [0.1, 0.15) is 5.82 Å². The van der Waals surface area contributed by atoms with Crippen molar-refractivity contribution in [3.8, 4) is 22.5 Å². The third-order valence-electron chi connectivity index (χ3n) is 5.34. The Morgan fingerprint density at radius 1 is 0.848 bits per heavy atom. The number of hydrogen-bond acceptors (Lipinski definition) is 5. The highest BCUT2D eigenvalue weighted by Crippen LogP contribution is 2.32. The number of benzene rings is 3. The predicted molar refractivity (Wildman–Crippen MR) is 131 cm³/mol. The number of rotatable bonds is 5. The highest BCUT2D eigenvalue weighted by molar-refractivity contribution is 7.90. The lowest BCUT2D eigenvalue weighted by Crippen LogP contribution is -2.07. The molecule has 0 aliphatic carbocycles. The molecule has 2 aromatic heterocycles. The van der Waals surface area contributed by atoms with Crippen LogP contribution in [0.4, 0.5) is 5.82 Å². The Morgan fingerprint density at radius 3 is 2.15 bits per heavy atom. The molecule has 164 valence electrons. The fraction of sp³-hybridized carbons (Fsp3) is 0.0400. The van der Waals surface area contributed by atoms with Crippen LogP contribution < -0.4 is 5.73 Å². The SMILES string of the molecule is Nc1cc(-c2ccc(Cl)cc2)nc2c(CS(=O)(=O)c3ccccc3)c(-c3ccccc3)nn12. The Bertz CT molecular complexity index is 1550. The molecule has 2 N–H and O–H groups in total. The van der Waals surface area contributed by atoms with Gasteiger partial charge in [0.05, 0.1) is 22.0 Å². The molecular formula is C25H19ClN4O2S. The van der Waals surface area contributed by atoms with Crippen molar-refractivity contribution in [1.29, 1.82) is 0 Å². The van der Waals surface area contributed by atoms with Gasteiger partial charge in [-0.1, -0.05) is 72.3 Å². The zero-order valence-corrected chi connectivity index (χ0v) is 19.0. The third kappa shape index (κ3) is 4.08. The Hall–Kier alpha value is -3.68. The van der Waals surface area contributed by atoms with Gasteiger partial charge in [-0.05, 0) is 24.3 Å². The molecule has 0 spiro atoms. The molecule has 0 atom stereocenters. The number of sulfone groups is 1. The van der Waals surface area contributed by atoms with Gasteiger partial charge in [0, 0.05) is 27.8 Å². The van der Waals surface area contributed by atoms with Crippen LogP contribution in [0.5, 0.6) is 0 Å². The van der Waals surface area contributed by atoms with Crippen LogP contribution in [0.1, 0.15) is 5.56 Å². The maximum atomic E-state index is 13.3. The lowest BCUT2D eigenvalue weighted by molar-refractivity contribution is 0.595. The maximum absolute atomic E-state index is 13.3. The number of fused-ring (bicyclic) bond motifs is 1. The molecule has 0 saturated carbocycles. The number of hydrogen-bond donors (Lipinski definition) is 1. The summed E-state index contributed by atoms with van der Waals surface area (Å²) in [5, 5.41) is 5.26. The van der Waals surface area contributed by atoms with E-state index in [1.807, 2.05) is 42.5 Å². The Morgan fingerprint density at radius 2 is 1.48 bits per heavy atom. The van der Waals surface area contributed by atoms with Gasteiger partial charge in [-0.15, -0.1) is 0 Å². The number of nitrogen functional groups attached to an aromatic ring is 1. The monoisotopic (exact) mass is 474 g/mol. The summed E-state index contributed by atoms with van der Waals surface area (Å²) in [6.07, 6.45) is 0. The predicted octanol–water partition coefficient (Wildman–Crippen LogP) is 5.27. The van der Waals surface area contributed by atoms with Crippen molar-refractivity contribution in [3.63, 3.8) is 0 Å². The van der Waals surface area contributed by atoms with E-state index in [9.17, 15) is 8.42 Å². The average Bonchev–Trinajstić information content (AvgIpc) is 3.19. The third-order valence-corrected chi connectivity index (χ3v) is 7.25. The quantitative estimate of drug-likeness (QED) is 0.374. The van der Waals surface area contributed by atoms with Crippen LogP contribution >= 0.6 is 11.6 Å². The van der Waals surface area contributed by atoms with Crippen LogP contribution in [0.2, 0.25) is 5.02 Å². The van der Waals surface area contributed by atoms with Crippen LogP contribution in [0.25, 0.3) is 28.2 Å². The van der Waals surface area contributed by atoms with Gasteiger partial charge in [-0.3, -0.25) is 0 Å². The molecule has 0 unspecified atom stereocenters. The summed E-state index contributed by atoms with van der Waals surface area (Å²) in [4.78, 5) is 5.01. The average molecular weight is 475 g/mol. The van der Waals surface area contributed by atoms with E-state index in [1.54, 1.807) is 48.5 Å². The number of aromatic nitrogens is 3. The molecule has 33 heavy (non-hydrogen) atoms. The Kier molecular flexibility index (Phi) is 5.36. The molecular weight excluding hydrogens is 456 g/mol. The topological polar surface area (TPSA) is 90.3 Å². The lowest BCUT2D eigenvalue weighted by Gasteiger charge is -2.08. The summed E-state index contributed by atoms with van der Waals surface area (Å²) in [6.45, 7) is 0. The first kappa shape index (κ1) is 21.2. The minimum absolute atomic E-state index is 0.241. The van der Waals surface area contributed by atoms with E-state index in [1.165, 1.54) is 4.52 Å². The van der Waals surface area contributed by atoms with Crippen molar-refractivity contribution in [3.05, 3.63) is 102 Å². The smallest absolute Gasteiger partial charge is 0.182 e. The molecule has 2 heterocycles. The van der Waals surface area contributed by atoms with Gasteiger partial charge in [0.25, 0.3) is 0 Å².